The topological polar surface area (TPSA) is 8.17 Å². The molecule has 0 fully saturated rings. The molecule has 0 spiro atoms. The molecule has 1 heterocycles. The van der Waals surface area contributed by atoms with E-state index in [1.807, 2.05) is 0 Å². The summed E-state index contributed by atoms with van der Waals surface area (Å²) in [6.45, 7) is 0. The Kier molecular flexibility index (Phi) is 9.89. The lowest BCUT2D eigenvalue weighted by Crippen LogP contribution is -2.10. The SMILES string of the molecule is c1ccc(-c2cccc(N(c3ccc(-c4cccc(-n5c6ccccc6c6ccccc65)c4-c4ccccc4)cc3)c3cccc(-c4ccc(-c5ccccc5)c5ccccc45)c3)c2)cc1. The number of hydrogen-bond donors (Lipinski definition) is 0. The van der Waals surface area contributed by atoms with Crippen LogP contribution in [0.1, 0.15) is 0 Å². The Morgan fingerprint density at radius 2 is 0.682 bits per heavy atom. The molecule has 0 saturated heterocycles. The smallest absolute Gasteiger partial charge is 0.0546 e. The van der Waals surface area contributed by atoms with Crippen LogP contribution in [0.3, 0.4) is 0 Å². The van der Waals surface area contributed by atoms with Gasteiger partial charge < -0.3 is 9.47 Å². The maximum absolute atomic E-state index is 2.44. The fraction of sp³-hybridized carbons (Fsp3) is 0. The number of fused-ring (bicyclic) bond motifs is 4. The fourth-order valence-electron chi connectivity index (χ4n) is 9.98. The average molecular weight is 841 g/mol. The number of benzene rings is 11. The predicted molar refractivity (Wildman–Crippen MR) is 280 cm³/mol. The van der Waals surface area contributed by atoms with Crippen molar-refractivity contribution in [1.29, 1.82) is 0 Å². The van der Waals surface area contributed by atoms with Crippen LogP contribution in [0.15, 0.2) is 267 Å². The van der Waals surface area contributed by atoms with Gasteiger partial charge in [0.15, 0.2) is 0 Å². The van der Waals surface area contributed by atoms with Crippen LogP contribution in [0.4, 0.5) is 17.1 Å². The minimum absolute atomic E-state index is 1.07. The second-order valence-corrected chi connectivity index (χ2v) is 16.9. The van der Waals surface area contributed by atoms with Gasteiger partial charge >= 0.3 is 0 Å². The molecule has 310 valence electrons. The van der Waals surface area contributed by atoms with Crippen molar-refractivity contribution in [3.8, 4) is 61.3 Å². The molecule has 0 aliphatic rings. The summed E-state index contributed by atoms with van der Waals surface area (Å²) in [5.41, 5.74) is 18.7. The summed E-state index contributed by atoms with van der Waals surface area (Å²) >= 11 is 0. The van der Waals surface area contributed by atoms with E-state index < -0.39 is 0 Å². The third-order valence-electron chi connectivity index (χ3n) is 13.0. The Balaban J connectivity index is 1.01. The Hall–Kier alpha value is -8.72. The molecule has 0 bridgehead atoms. The molecule has 0 unspecified atom stereocenters. The van der Waals surface area contributed by atoms with Crippen molar-refractivity contribution in [2.45, 2.75) is 0 Å². The highest BCUT2D eigenvalue weighted by Crippen LogP contribution is 2.44. The zero-order chi connectivity index (χ0) is 43.8. The number of aromatic nitrogens is 1. The second-order valence-electron chi connectivity index (χ2n) is 16.9. The normalized spacial score (nSPS) is 11.3. The minimum Gasteiger partial charge on any atom is -0.310 e. The highest BCUT2D eigenvalue weighted by atomic mass is 15.1. The third kappa shape index (κ3) is 6.93. The lowest BCUT2D eigenvalue weighted by Gasteiger charge is -2.27. The molecule has 12 rings (SSSR count). The Morgan fingerprint density at radius 3 is 1.29 bits per heavy atom. The molecular weight excluding hydrogens is 797 g/mol. The third-order valence-corrected chi connectivity index (χ3v) is 13.0. The number of hydrogen-bond acceptors (Lipinski definition) is 1. The monoisotopic (exact) mass is 840 g/mol. The second kappa shape index (κ2) is 16.8. The molecule has 0 N–H and O–H groups in total. The fourth-order valence-corrected chi connectivity index (χ4v) is 9.98. The Bertz CT molecular complexity index is 3630. The first-order valence-corrected chi connectivity index (χ1v) is 22.7. The van der Waals surface area contributed by atoms with E-state index in [2.05, 4.69) is 276 Å². The predicted octanol–water partition coefficient (Wildman–Crippen LogP) is 17.7. The van der Waals surface area contributed by atoms with E-state index in [-0.39, 0.29) is 0 Å². The van der Waals surface area contributed by atoms with Crippen LogP contribution in [0.25, 0.3) is 93.9 Å². The Morgan fingerprint density at radius 1 is 0.242 bits per heavy atom. The average Bonchev–Trinajstić information content (AvgIpc) is 3.73. The van der Waals surface area contributed by atoms with Crippen LogP contribution in [0.2, 0.25) is 0 Å². The van der Waals surface area contributed by atoms with Crippen LogP contribution < -0.4 is 4.90 Å². The van der Waals surface area contributed by atoms with Crippen molar-refractivity contribution >= 4 is 49.6 Å². The van der Waals surface area contributed by atoms with Crippen molar-refractivity contribution < 1.29 is 0 Å². The highest BCUT2D eigenvalue weighted by Gasteiger charge is 2.20. The van der Waals surface area contributed by atoms with E-state index in [4.69, 9.17) is 0 Å². The molecular formula is C64H44N2. The number of nitrogens with zero attached hydrogens (tertiary/aromatic N) is 2. The maximum Gasteiger partial charge on any atom is 0.0546 e. The standard InChI is InChI=1S/C64H44N2/c1-4-19-45(20-5-1)49-25-16-27-52(43-49)65(53-28-17-26-50(44-53)55-42-41-54(46-21-6-2-7-22-46)57-29-10-11-30-58(55)57)51-39-37-47(38-40-51)56-33-18-36-63(64(56)48-23-8-3-9-24-48)66-61-34-14-12-31-59(61)60-32-13-15-35-62(60)66/h1-44H. The number of anilines is 3. The molecule has 0 aliphatic heterocycles. The first-order chi connectivity index (χ1) is 32.8. The number of para-hydroxylation sites is 2. The van der Waals surface area contributed by atoms with Gasteiger partial charge in [0.25, 0.3) is 0 Å². The zero-order valence-corrected chi connectivity index (χ0v) is 36.3. The minimum atomic E-state index is 1.07. The van der Waals surface area contributed by atoms with Gasteiger partial charge in [-0.3, -0.25) is 0 Å². The summed E-state index contributed by atoms with van der Waals surface area (Å²) in [4.78, 5) is 2.40. The van der Waals surface area contributed by atoms with Gasteiger partial charge in [0.05, 0.1) is 16.7 Å². The summed E-state index contributed by atoms with van der Waals surface area (Å²) in [6, 6.07) is 96.9. The summed E-state index contributed by atoms with van der Waals surface area (Å²) in [5, 5.41) is 4.97. The molecule has 0 amide bonds. The van der Waals surface area contributed by atoms with Gasteiger partial charge in [0.1, 0.15) is 0 Å². The largest absolute Gasteiger partial charge is 0.310 e. The molecule has 0 atom stereocenters. The summed E-state index contributed by atoms with van der Waals surface area (Å²) in [7, 11) is 0. The van der Waals surface area contributed by atoms with E-state index >= 15 is 0 Å². The highest BCUT2D eigenvalue weighted by molar-refractivity contribution is 6.10. The van der Waals surface area contributed by atoms with E-state index in [1.54, 1.807) is 0 Å². The van der Waals surface area contributed by atoms with Crippen molar-refractivity contribution in [1.82, 2.24) is 4.57 Å². The molecule has 1 aromatic heterocycles. The van der Waals surface area contributed by atoms with Gasteiger partial charge in [-0.25, -0.2) is 0 Å². The van der Waals surface area contributed by atoms with Crippen LogP contribution in [-0.2, 0) is 0 Å². The number of rotatable bonds is 9. The summed E-state index contributed by atoms with van der Waals surface area (Å²) in [6.07, 6.45) is 0. The van der Waals surface area contributed by atoms with E-state index in [0.717, 1.165) is 28.3 Å². The molecule has 11 aromatic carbocycles. The molecule has 0 aliphatic carbocycles. The lowest BCUT2D eigenvalue weighted by molar-refractivity contribution is 1.18. The van der Waals surface area contributed by atoms with Gasteiger partial charge in [0.2, 0.25) is 0 Å². The molecule has 66 heavy (non-hydrogen) atoms. The van der Waals surface area contributed by atoms with Gasteiger partial charge in [-0.1, -0.05) is 212 Å². The van der Waals surface area contributed by atoms with Crippen molar-refractivity contribution in [3.63, 3.8) is 0 Å². The summed E-state index contributed by atoms with van der Waals surface area (Å²) in [5.74, 6) is 0. The van der Waals surface area contributed by atoms with Crippen LogP contribution >= 0.6 is 0 Å². The van der Waals surface area contributed by atoms with E-state index in [9.17, 15) is 0 Å². The van der Waals surface area contributed by atoms with Gasteiger partial charge in [-0.2, -0.15) is 0 Å². The van der Waals surface area contributed by atoms with Gasteiger partial charge in [-0.15, -0.1) is 0 Å². The quantitative estimate of drug-likeness (QED) is 0.141. The van der Waals surface area contributed by atoms with Gasteiger partial charge in [-0.05, 0) is 115 Å². The molecule has 2 heteroatoms. The zero-order valence-electron chi connectivity index (χ0n) is 36.3. The summed E-state index contributed by atoms with van der Waals surface area (Å²) < 4.78 is 2.44. The van der Waals surface area contributed by atoms with Gasteiger partial charge in [0, 0.05) is 33.4 Å². The molecule has 0 radical (unpaired) electrons. The Labute approximate surface area is 385 Å². The van der Waals surface area contributed by atoms with Crippen LogP contribution in [0, 0.1) is 0 Å². The maximum atomic E-state index is 2.44. The van der Waals surface area contributed by atoms with Crippen molar-refractivity contribution in [2.24, 2.45) is 0 Å². The first kappa shape index (κ1) is 38.9. The van der Waals surface area contributed by atoms with Crippen LogP contribution in [0.5, 0.6) is 0 Å². The van der Waals surface area contributed by atoms with Crippen molar-refractivity contribution in [3.05, 3.63) is 267 Å². The molecule has 2 nitrogen and oxygen atoms in total. The van der Waals surface area contributed by atoms with E-state index in [1.165, 1.54) is 82.6 Å². The molecule has 0 saturated carbocycles. The lowest BCUT2D eigenvalue weighted by atomic mass is 9.92. The van der Waals surface area contributed by atoms with E-state index in [0.29, 0.717) is 0 Å². The first-order valence-electron chi connectivity index (χ1n) is 22.7. The molecule has 12 aromatic rings. The van der Waals surface area contributed by atoms with Crippen LogP contribution in [-0.4, -0.2) is 4.57 Å². The van der Waals surface area contributed by atoms with Crippen molar-refractivity contribution in [2.75, 3.05) is 4.90 Å².